The molecule has 0 aliphatic heterocycles. The zero-order valence-corrected chi connectivity index (χ0v) is 12.1. The minimum atomic E-state index is -0.968. The molecule has 1 aromatic carbocycles. The lowest BCUT2D eigenvalue weighted by Crippen LogP contribution is -1.98. The number of nitrogens with zero attached hydrogens (tertiary/aromatic N) is 1. The summed E-state index contributed by atoms with van der Waals surface area (Å²) in [4.78, 5) is 15.9. The summed E-state index contributed by atoms with van der Waals surface area (Å²) in [5.41, 5.74) is 1.04. The summed E-state index contributed by atoms with van der Waals surface area (Å²) in [6.45, 7) is 3.67. The highest BCUT2D eigenvalue weighted by Gasteiger charge is 2.15. The number of rotatable bonds is 3. The van der Waals surface area contributed by atoms with E-state index in [1.807, 2.05) is 13.8 Å². The monoisotopic (exact) mass is 327 g/mol. The third kappa shape index (κ3) is 2.76. The molecule has 0 saturated heterocycles. The lowest BCUT2D eigenvalue weighted by molar-refractivity contribution is 0.0693. The van der Waals surface area contributed by atoms with E-state index in [4.69, 9.17) is 9.52 Å². The van der Waals surface area contributed by atoms with Crippen LogP contribution in [0, 0.1) is 13.8 Å². The van der Waals surface area contributed by atoms with Crippen LogP contribution in [0.5, 0.6) is 0 Å². The Kier molecular flexibility index (Phi) is 3.77. The largest absolute Gasteiger partial charge is 0.478 e. The second-order valence-electron chi connectivity index (χ2n) is 3.67. The third-order valence-corrected chi connectivity index (χ3v) is 3.78. The van der Waals surface area contributed by atoms with Gasteiger partial charge in [-0.1, -0.05) is 15.9 Å². The van der Waals surface area contributed by atoms with Gasteiger partial charge in [-0.2, -0.15) is 0 Å². The zero-order valence-electron chi connectivity index (χ0n) is 9.73. The van der Waals surface area contributed by atoms with Crippen LogP contribution >= 0.6 is 27.7 Å². The number of oxazole rings is 1. The Hall–Kier alpha value is -1.27. The van der Waals surface area contributed by atoms with E-state index in [2.05, 4.69) is 20.9 Å². The number of aryl methyl sites for hydroxylation is 2. The maximum absolute atomic E-state index is 11.1. The first-order valence-electron chi connectivity index (χ1n) is 5.12. The van der Waals surface area contributed by atoms with Crippen molar-refractivity contribution in [1.82, 2.24) is 4.98 Å². The van der Waals surface area contributed by atoms with Crippen molar-refractivity contribution in [3.63, 3.8) is 0 Å². The number of aromatic carboxylic acids is 1. The van der Waals surface area contributed by atoms with Crippen LogP contribution in [-0.4, -0.2) is 16.1 Å². The topological polar surface area (TPSA) is 63.3 Å². The second kappa shape index (κ2) is 5.16. The van der Waals surface area contributed by atoms with Crippen molar-refractivity contribution in [3.05, 3.63) is 39.7 Å². The fraction of sp³-hybridized carbons (Fsp3) is 0.167. The molecule has 1 heterocycles. The molecule has 0 bridgehead atoms. The van der Waals surface area contributed by atoms with Crippen molar-refractivity contribution in [2.45, 2.75) is 24.0 Å². The van der Waals surface area contributed by atoms with Gasteiger partial charge in [0, 0.05) is 9.37 Å². The minimum Gasteiger partial charge on any atom is -0.478 e. The van der Waals surface area contributed by atoms with E-state index in [-0.39, 0.29) is 5.56 Å². The van der Waals surface area contributed by atoms with Gasteiger partial charge < -0.3 is 9.52 Å². The summed E-state index contributed by atoms with van der Waals surface area (Å²) >= 11 is 4.52. The summed E-state index contributed by atoms with van der Waals surface area (Å²) in [6.07, 6.45) is 0. The van der Waals surface area contributed by atoms with Gasteiger partial charge in [-0.05, 0) is 43.8 Å². The van der Waals surface area contributed by atoms with Gasteiger partial charge in [0.05, 0.1) is 11.3 Å². The van der Waals surface area contributed by atoms with E-state index in [9.17, 15) is 4.79 Å². The Balaban J connectivity index is 2.38. The lowest BCUT2D eigenvalue weighted by atomic mass is 10.2. The number of carboxylic acids is 1. The number of carboxylic acid groups (broad SMARTS) is 1. The number of carbonyl (C=O) groups is 1. The number of aromatic nitrogens is 1. The summed E-state index contributed by atoms with van der Waals surface area (Å²) < 4.78 is 6.25. The summed E-state index contributed by atoms with van der Waals surface area (Å²) in [7, 11) is 0. The molecule has 2 rings (SSSR count). The molecule has 18 heavy (non-hydrogen) atoms. The second-order valence-corrected chi connectivity index (χ2v) is 5.58. The summed E-state index contributed by atoms with van der Waals surface area (Å²) in [5.74, 6) is -0.227. The highest BCUT2D eigenvalue weighted by Crippen LogP contribution is 2.33. The van der Waals surface area contributed by atoms with Crippen molar-refractivity contribution >= 4 is 33.7 Å². The van der Waals surface area contributed by atoms with Crippen molar-refractivity contribution in [2.24, 2.45) is 0 Å². The van der Waals surface area contributed by atoms with Gasteiger partial charge in [-0.15, -0.1) is 0 Å². The molecule has 0 aliphatic rings. The van der Waals surface area contributed by atoms with Gasteiger partial charge in [0.2, 0.25) is 0 Å². The van der Waals surface area contributed by atoms with E-state index in [0.29, 0.717) is 10.1 Å². The number of halogens is 1. The Labute approximate surface area is 117 Å². The normalized spacial score (nSPS) is 10.6. The molecule has 0 fully saturated rings. The van der Waals surface area contributed by atoms with Crippen molar-refractivity contribution in [2.75, 3.05) is 0 Å². The Morgan fingerprint density at radius 3 is 2.72 bits per heavy atom. The van der Waals surface area contributed by atoms with E-state index < -0.39 is 5.97 Å². The predicted octanol–water partition coefficient (Wildman–Crippen LogP) is 3.90. The highest BCUT2D eigenvalue weighted by atomic mass is 79.9. The SMILES string of the molecule is Cc1nc(Sc2cc(Br)ccc2C(=O)O)oc1C. The van der Waals surface area contributed by atoms with Crippen LogP contribution in [0.2, 0.25) is 0 Å². The first-order valence-corrected chi connectivity index (χ1v) is 6.73. The molecule has 0 aliphatic carbocycles. The average molecular weight is 328 g/mol. The smallest absolute Gasteiger partial charge is 0.336 e. The first-order chi connectivity index (χ1) is 8.47. The van der Waals surface area contributed by atoms with Crippen LogP contribution in [-0.2, 0) is 0 Å². The number of benzene rings is 1. The van der Waals surface area contributed by atoms with Crippen molar-refractivity contribution in [1.29, 1.82) is 0 Å². The van der Waals surface area contributed by atoms with Gasteiger partial charge in [0.15, 0.2) is 0 Å². The molecular formula is C12H10BrNO3S. The van der Waals surface area contributed by atoms with E-state index >= 15 is 0 Å². The molecule has 0 amide bonds. The highest BCUT2D eigenvalue weighted by molar-refractivity contribution is 9.10. The van der Waals surface area contributed by atoms with Crippen LogP contribution in [0.3, 0.4) is 0 Å². The zero-order chi connectivity index (χ0) is 13.3. The van der Waals surface area contributed by atoms with Crippen LogP contribution in [0.1, 0.15) is 21.8 Å². The molecule has 4 nitrogen and oxygen atoms in total. The van der Waals surface area contributed by atoms with Gasteiger partial charge in [0.1, 0.15) is 5.76 Å². The van der Waals surface area contributed by atoms with Gasteiger partial charge in [0.25, 0.3) is 5.22 Å². The van der Waals surface area contributed by atoms with Crippen LogP contribution in [0.15, 0.2) is 37.2 Å². The number of hydrogen-bond donors (Lipinski definition) is 1. The fourth-order valence-corrected chi connectivity index (χ4v) is 2.84. The molecular weight excluding hydrogens is 318 g/mol. The van der Waals surface area contributed by atoms with Crippen molar-refractivity contribution in [3.8, 4) is 0 Å². The molecule has 0 unspecified atom stereocenters. The van der Waals surface area contributed by atoms with E-state index in [1.165, 1.54) is 11.8 Å². The van der Waals surface area contributed by atoms with Crippen LogP contribution < -0.4 is 0 Å². The maximum atomic E-state index is 11.1. The van der Waals surface area contributed by atoms with E-state index in [1.54, 1.807) is 18.2 Å². The van der Waals surface area contributed by atoms with Crippen LogP contribution in [0.4, 0.5) is 0 Å². The summed E-state index contributed by atoms with van der Waals surface area (Å²) in [6, 6.07) is 4.99. The fourth-order valence-electron chi connectivity index (χ4n) is 1.34. The first kappa shape index (κ1) is 13.2. The van der Waals surface area contributed by atoms with E-state index in [0.717, 1.165) is 15.9 Å². The van der Waals surface area contributed by atoms with Gasteiger partial charge in [-0.3, -0.25) is 0 Å². The Morgan fingerprint density at radius 1 is 1.44 bits per heavy atom. The molecule has 6 heteroatoms. The van der Waals surface area contributed by atoms with Crippen LogP contribution in [0.25, 0.3) is 0 Å². The summed E-state index contributed by atoms with van der Waals surface area (Å²) in [5, 5.41) is 9.56. The molecule has 0 saturated carbocycles. The standard InChI is InChI=1S/C12H10BrNO3S/c1-6-7(2)17-12(14-6)18-10-5-8(13)3-4-9(10)11(15)16/h3-5H,1-2H3,(H,15,16). The molecule has 94 valence electrons. The average Bonchev–Trinajstić information content (AvgIpc) is 2.57. The Bertz CT molecular complexity index is 590. The quantitative estimate of drug-likeness (QED) is 0.926. The molecule has 0 radical (unpaired) electrons. The molecule has 1 N–H and O–H groups in total. The Morgan fingerprint density at radius 2 is 2.17 bits per heavy atom. The minimum absolute atomic E-state index is 0.233. The molecule has 0 spiro atoms. The van der Waals surface area contributed by atoms with Gasteiger partial charge in [-0.25, -0.2) is 9.78 Å². The van der Waals surface area contributed by atoms with Gasteiger partial charge >= 0.3 is 5.97 Å². The third-order valence-electron chi connectivity index (χ3n) is 2.38. The van der Waals surface area contributed by atoms with Crippen molar-refractivity contribution < 1.29 is 14.3 Å². The predicted molar refractivity (Wildman–Crippen MR) is 71.2 cm³/mol. The maximum Gasteiger partial charge on any atom is 0.336 e. The lowest BCUT2D eigenvalue weighted by Gasteiger charge is -2.03. The molecule has 1 aromatic heterocycles. The number of hydrogen-bond acceptors (Lipinski definition) is 4. The molecule has 0 atom stereocenters. The molecule has 2 aromatic rings.